The van der Waals surface area contributed by atoms with Crippen LogP contribution in [-0.2, 0) is 18.0 Å². The maximum atomic E-state index is 5.29. The number of rotatable bonds is 0. The first-order valence-electron chi connectivity index (χ1n) is 3.81. The molecule has 2 rings (SSSR count). The quantitative estimate of drug-likeness (QED) is 0.560. The lowest BCUT2D eigenvalue weighted by molar-refractivity contribution is 0.133. The number of fused-ring (bicyclic) bond motifs is 1. The highest BCUT2D eigenvalue weighted by atomic mass is 16.5. The second-order valence-corrected chi connectivity index (χ2v) is 3.00. The Bertz CT molecular complexity index is 294. The molecule has 0 aromatic carbocycles. The minimum Gasteiger partial charge on any atom is -0.370 e. The molecule has 2 heteroatoms. The predicted molar refractivity (Wildman–Crippen MR) is 42.2 cm³/mol. The Kier molecular flexibility index (Phi) is 1.43. The molecule has 1 aliphatic heterocycles. The zero-order chi connectivity index (χ0) is 7.84. The second-order valence-electron chi connectivity index (χ2n) is 3.00. The van der Waals surface area contributed by atoms with Crippen LogP contribution in [0.25, 0.3) is 0 Å². The van der Waals surface area contributed by atoms with E-state index in [2.05, 4.69) is 18.0 Å². The van der Waals surface area contributed by atoms with E-state index in [0.717, 1.165) is 18.0 Å². The van der Waals surface area contributed by atoms with E-state index in [1.165, 1.54) is 11.1 Å². The summed E-state index contributed by atoms with van der Waals surface area (Å²) in [6.45, 7) is 5.57. The van der Waals surface area contributed by atoms with Crippen molar-refractivity contribution in [2.75, 3.05) is 0 Å². The van der Waals surface area contributed by atoms with E-state index >= 15 is 0 Å². The fourth-order valence-electron chi connectivity index (χ4n) is 1.51. The molecule has 0 aliphatic carbocycles. The van der Waals surface area contributed by atoms with Crippen LogP contribution in [0.2, 0.25) is 0 Å². The van der Waals surface area contributed by atoms with Crippen molar-refractivity contribution in [2.24, 2.45) is 0 Å². The largest absolute Gasteiger partial charge is 0.370 e. The summed E-state index contributed by atoms with van der Waals surface area (Å²) in [6, 6.07) is 2.10. The molecule has 2 heterocycles. The summed E-state index contributed by atoms with van der Waals surface area (Å²) >= 11 is 0. The molecule has 58 valence electrons. The van der Waals surface area contributed by atoms with Gasteiger partial charge < -0.3 is 4.74 Å². The van der Waals surface area contributed by atoms with Gasteiger partial charge in [0.2, 0.25) is 0 Å². The Hall–Kier alpha value is -0.890. The summed E-state index contributed by atoms with van der Waals surface area (Å²) in [5.41, 5.74) is 4.81. The average Bonchev–Trinajstić information content (AvgIpc) is 2.34. The highest BCUT2D eigenvalue weighted by Crippen LogP contribution is 2.21. The lowest BCUT2D eigenvalue weighted by Crippen LogP contribution is -1.93. The highest BCUT2D eigenvalue weighted by Gasteiger charge is 2.14. The summed E-state index contributed by atoms with van der Waals surface area (Å²) in [5.74, 6) is 0. The number of hydrogen-bond donors (Lipinski definition) is 0. The average molecular weight is 149 g/mol. The van der Waals surface area contributed by atoms with E-state index in [9.17, 15) is 0 Å². The molecule has 1 aliphatic rings. The Morgan fingerprint density at radius 3 is 3.00 bits per heavy atom. The van der Waals surface area contributed by atoms with Gasteiger partial charge in [-0.25, -0.2) is 0 Å². The Morgan fingerprint density at radius 2 is 2.18 bits per heavy atom. The van der Waals surface area contributed by atoms with E-state index < -0.39 is 0 Å². The Balaban J connectivity index is 2.60. The fraction of sp³-hybridized carbons (Fsp3) is 0.444. The zero-order valence-corrected chi connectivity index (χ0v) is 6.85. The van der Waals surface area contributed by atoms with Crippen LogP contribution in [0.15, 0.2) is 6.07 Å². The van der Waals surface area contributed by atoms with Gasteiger partial charge in [0.25, 0.3) is 0 Å². The van der Waals surface area contributed by atoms with Crippen LogP contribution >= 0.6 is 0 Å². The van der Waals surface area contributed by atoms with Gasteiger partial charge in [-0.15, -0.1) is 0 Å². The lowest BCUT2D eigenvalue weighted by atomic mass is 10.1. The van der Waals surface area contributed by atoms with Crippen LogP contribution in [0.4, 0.5) is 0 Å². The van der Waals surface area contributed by atoms with Crippen LogP contribution in [0.1, 0.15) is 22.5 Å². The molecule has 0 N–H and O–H groups in total. The van der Waals surface area contributed by atoms with Crippen molar-refractivity contribution in [1.29, 1.82) is 0 Å². The molecular weight excluding hydrogens is 138 g/mol. The molecule has 0 radical (unpaired) electrons. The third-order valence-electron chi connectivity index (χ3n) is 2.05. The van der Waals surface area contributed by atoms with Gasteiger partial charge in [0.15, 0.2) is 0 Å². The molecule has 0 saturated carbocycles. The maximum absolute atomic E-state index is 5.29. The maximum Gasteiger partial charge on any atom is 0.0896 e. The van der Waals surface area contributed by atoms with Gasteiger partial charge in [-0.3, -0.25) is 4.98 Å². The van der Waals surface area contributed by atoms with Crippen molar-refractivity contribution >= 4 is 0 Å². The molecule has 0 atom stereocenters. The van der Waals surface area contributed by atoms with E-state index in [4.69, 9.17) is 4.74 Å². The third kappa shape index (κ3) is 1.03. The normalized spacial score (nSPS) is 15.1. The first kappa shape index (κ1) is 6.80. The molecule has 0 bridgehead atoms. The Labute approximate surface area is 66.2 Å². The van der Waals surface area contributed by atoms with Crippen molar-refractivity contribution in [1.82, 2.24) is 4.98 Å². The highest BCUT2D eigenvalue weighted by molar-refractivity contribution is 5.32. The second kappa shape index (κ2) is 2.31. The molecule has 0 spiro atoms. The van der Waals surface area contributed by atoms with Crippen LogP contribution < -0.4 is 0 Å². The van der Waals surface area contributed by atoms with Gasteiger partial charge in [-0.05, 0) is 25.5 Å². The summed E-state index contributed by atoms with van der Waals surface area (Å²) in [5, 5.41) is 0. The molecule has 0 unspecified atom stereocenters. The molecular formula is C9H11NO. The monoisotopic (exact) mass is 149 g/mol. The molecule has 1 aromatic heterocycles. The minimum atomic E-state index is 0.692. The number of aromatic nitrogens is 1. The first-order valence-corrected chi connectivity index (χ1v) is 3.81. The van der Waals surface area contributed by atoms with Gasteiger partial charge >= 0.3 is 0 Å². The first-order chi connectivity index (χ1) is 5.27. The lowest BCUT2D eigenvalue weighted by Gasteiger charge is -2.01. The smallest absolute Gasteiger partial charge is 0.0896 e. The van der Waals surface area contributed by atoms with Crippen molar-refractivity contribution in [3.05, 3.63) is 28.6 Å². The van der Waals surface area contributed by atoms with E-state index in [0.29, 0.717) is 6.61 Å². The van der Waals surface area contributed by atoms with Gasteiger partial charge in [0.1, 0.15) is 0 Å². The molecule has 0 fully saturated rings. The molecule has 2 nitrogen and oxygen atoms in total. The number of aryl methyl sites for hydroxylation is 2. The zero-order valence-electron chi connectivity index (χ0n) is 6.85. The fourth-order valence-corrected chi connectivity index (χ4v) is 1.51. The topological polar surface area (TPSA) is 22.1 Å². The molecule has 0 saturated heterocycles. The van der Waals surface area contributed by atoms with Gasteiger partial charge in [-0.1, -0.05) is 0 Å². The minimum absolute atomic E-state index is 0.692. The summed E-state index contributed by atoms with van der Waals surface area (Å²) in [6.07, 6.45) is 0. The van der Waals surface area contributed by atoms with E-state index in [-0.39, 0.29) is 0 Å². The Morgan fingerprint density at radius 1 is 1.36 bits per heavy atom. The third-order valence-corrected chi connectivity index (χ3v) is 2.05. The molecule has 11 heavy (non-hydrogen) atoms. The van der Waals surface area contributed by atoms with Crippen LogP contribution in [0.3, 0.4) is 0 Å². The number of pyridine rings is 1. The van der Waals surface area contributed by atoms with Crippen molar-refractivity contribution in [3.8, 4) is 0 Å². The number of ether oxygens (including phenoxy) is 1. The van der Waals surface area contributed by atoms with Crippen molar-refractivity contribution in [3.63, 3.8) is 0 Å². The molecule has 0 amide bonds. The predicted octanol–water partition coefficient (Wildman–Crippen LogP) is 1.73. The van der Waals surface area contributed by atoms with Gasteiger partial charge in [0.05, 0.1) is 18.9 Å². The van der Waals surface area contributed by atoms with Crippen LogP contribution in [0.5, 0.6) is 0 Å². The summed E-state index contributed by atoms with van der Waals surface area (Å²) in [7, 11) is 0. The summed E-state index contributed by atoms with van der Waals surface area (Å²) in [4.78, 5) is 4.39. The van der Waals surface area contributed by atoms with Crippen LogP contribution in [-0.4, -0.2) is 4.98 Å². The number of nitrogens with zero attached hydrogens (tertiary/aromatic N) is 1. The number of hydrogen-bond acceptors (Lipinski definition) is 2. The van der Waals surface area contributed by atoms with E-state index in [1.54, 1.807) is 0 Å². The van der Waals surface area contributed by atoms with Crippen molar-refractivity contribution < 1.29 is 4.74 Å². The SMILES string of the molecule is Cc1cc(C)c2c(n1)COC2. The summed E-state index contributed by atoms with van der Waals surface area (Å²) < 4.78 is 5.29. The van der Waals surface area contributed by atoms with Crippen LogP contribution in [0, 0.1) is 13.8 Å². The standard InChI is InChI=1S/C9H11NO/c1-6-3-7(2)10-9-5-11-4-8(6)9/h3H,4-5H2,1-2H3. The molecule has 1 aromatic rings. The van der Waals surface area contributed by atoms with Gasteiger partial charge in [-0.2, -0.15) is 0 Å². The van der Waals surface area contributed by atoms with Gasteiger partial charge in [0, 0.05) is 11.3 Å². The van der Waals surface area contributed by atoms with E-state index in [1.807, 2.05) is 6.92 Å². The van der Waals surface area contributed by atoms with Crippen molar-refractivity contribution in [2.45, 2.75) is 27.1 Å².